The molecule has 0 bridgehead atoms. The Morgan fingerprint density at radius 2 is 1.80 bits per heavy atom. The van der Waals surface area contributed by atoms with Gasteiger partial charge in [-0.05, 0) is 18.4 Å². The molecule has 0 atom stereocenters. The molecule has 0 aliphatic heterocycles. The number of halogens is 4. The van der Waals surface area contributed by atoms with Gasteiger partial charge < -0.3 is 0 Å². The van der Waals surface area contributed by atoms with Gasteiger partial charge in [-0.3, -0.25) is 4.98 Å². The fraction of sp³-hybridized carbons (Fsp3) is 0.0556. The maximum Gasteiger partial charge on any atom is 0.175 e. The van der Waals surface area contributed by atoms with Crippen molar-refractivity contribution < 1.29 is 8.78 Å². The van der Waals surface area contributed by atoms with Gasteiger partial charge in [-0.15, -0.1) is 0 Å². The number of benzene rings is 2. The molecule has 2 aromatic carbocycles. The third-order valence-electron chi connectivity index (χ3n) is 3.94. The molecule has 4 rings (SSSR count). The van der Waals surface area contributed by atoms with Crippen molar-refractivity contribution in [3.63, 3.8) is 0 Å². The van der Waals surface area contributed by atoms with Crippen molar-refractivity contribution in [1.29, 1.82) is 0 Å². The monoisotopic (exact) mass is 375 g/mol. The Hall–Kier alpha value is -2.37. The molecule has 0 saturated carbocycles. The van der Waals surface area contributed by atoms with Gasteiger partial charge in [0.15, 0.2) is 5.82 Å². The highest BCUT2D eigenvalue weighted by molar-refractivity contribution is 6.37. The Morgan fingerprint density at radius 3 is 2.60 bits per heavy atom. The summed E-state index contributed by atoms with van der Waals surface area (Å²) in [5.41, 5.74) is 0.473. The first-order valence-corrected chi connectivity index (χ1v) is 8.08. The zero-order chi connectivity index (χ0) is 17.7. The van der Waals surface area contributed by atoms with Gasteiger partial charge in [0.25, 0.3) is 0 Å². The molecule has 0 saturated heterocycles. The minimum atomic E-state index is -0.655. The summed E-state index contributed by atoms with van der Waals surface area (Å²) in [6.07, 6.45) is 1.40. The van der Waals surface area contributed by atoms with Gasteiger partial charge in [-0.1, -0.05) is 47.5 Å². The normalized spacial score (nSPS) is 11.4. The van der Waals surface area contributed by atoms with Crippen LogP contribution in [0.15, 0.2) is 36.5 Å². The Morgan fingerprint density at radius 1 is 1.00 bits per heavy atom. The van der Waals surface area contributed by atoms with Gasteiger partial charge in [0.2, 0.25) is 0 Å². The van der Waals surface area contributed by atoms with Crippen LogP contribution in [0.3, 0.4) is 0 Å². The van der Waals surface area contributed by atoms with E-state index in [2.05, 4.69) is 15.0 Å². The number of aromatic nitrogens is 3. The second-order valence-electron chi connectivity index (χ2n) is 5.51. The van der Waals surface area contributed by atoms with E-state index in [0.717, 1.165) is 0 Å². The van der Waals surface area contributed by atoms with Crippen LogP contribution in [-0.4, -0.2) is 15.0 Å². The fourth-order valence-electron chi connectivity index (χ4n) is 2.82. The molecule has 0 aliphatic rings. The van der Waals surface area contributed by atoms with E-state index < -0.39 is 11.6 Å². The summed E-state index contributed by atoms with van der Waals surface area (Å²) >= 11 is 12.2. The number of fused-ring (bicyclic) bond motifs is 2. The second-order valence-corrected chi connectivity index (χ2v) is 6.25. The summed E-state index contributed by atoms with van der Waals surface area (Å²) < 4.78 is 29.0. The third-order valence-corrected chi connectivity index (χ3v) is 4.60. The van der Waals surface area contributed by atoms with Crippen LogP contribution in [0.1, 0.15) is 5.82 Å². The number of hydrogen-bond donors (Lipinski definition) is 0. The highest BCUT2D eigenvalue weighted by Gasteiger charge is 2.19. The SMILES string of the molecule is Cc1nc(Cl)c2cnc(-c3cccc4ccc(F)c(Cl)c34)c(F)c2n1. The zero-order valence-corrected chi connectivity index (χ0v) is 14.3. The summed E-state index contributed by atoms with van der Waals surface area (Å²) in [7, 11) is 0. The summed E-state index contributed by atoms with van der Waals surface area (Å²) in [5, 5.41) is 1.44. The first-order chi connectivity index (χ1) is 12.0. The molecule has 124 valence electrons. The topological polar surface area (TPSA) is 38.7 Å². The summed E-state index contributed by atoms with van der Waals surface area (Å²) in [4.78, 5) is 12.3. The molecule has 25 heavy (non-hydrogen) atoms. The van der Waals surface area contributed by atoms with E-state index >= 15 is 4.39 Å². The van der Waals surface area contributed by atoms with Crippen molar-refractivity contribution in [3.05, 3.63) is 64.2 Å². The number of nitrogens with zero attached hydrogens (tertiary/aromatic N) is 3. The molecule has 0 spiro atoms. The Kier molecular flexibility index (Phi) is 3.78. The van der Waals surface area contributed by atoms with Crippen LogP contribution in [0.4, 0.5) is 8.78 Å². The molecule has 0 aliphatic carbocycles. The van der Waals surface area contributed by atoms with Crippen LogP contribution in [0, 0.1) is 18.6 Å². The lowest BCUT2D eigenvalue weighted by Gasteiger charge is -2.11. The smallest absolute Gasteiger partial charge is 0.175 e. The highest BCUT2D eigenvalue weighted by atomic mass is 35.5. The molecule has 7 heteroatoms. The molecule has 2 aromatic heterocycles. The van der Waals surface area contributed by atoms with Gasteiger partial charge in [0.1, 0.15) is 28.0 Å². The van der Waals surface area contributed by atoms with Crippen LogP contribution in [0.2, 0.25) is 10.2 Å². The van der Waals surface area contributed by atoms with Crippen molar-refractivity contribution >= 4 is 44.9 Å². The van der Waals surface area contributed by atoms with Crippen molar-refractivity contribution in [2.75, 3.05) is 0 Å². The van der Waals surface area contributed by atoms with E-state index in [1.165, 1.54) is 12.3 Å². The second kappa shape index (κ2) is 5.86. The van der Waals surface area contributed by atoms with E-state index in [0.29, 0.717) is 27.5 Å². The van der Waals surface area contributed by atoms with Crippen LogP contribution in [0.5, 0.6) is 0 Å². The zero-order valence-electron chi connectivity index (χ0n) is 12.8. The molecule has 0 fully saturated rings. The third kappa shape index (κ3) is 2.51. The lowest BCUT2D eigenvalue weighted by molar-refractivity contribution is 0.629. The van der Waals surface area contributed by atoms with Crippen LogP contribution < -0.4 is 0 Å². The van der Waals surface area contributed by atoms with Crippen molar-refractivity contribution in [3.8, 4) is 11.3 Å². The van der Waals surface area contributed by atoms with Crippen LogP contribution in [0.25, 0.3) is 32.9 Å². The molecule has 0 unspecified atom stereocenters. The number of hydrogen-bond acceptors (Lipinski definition) is 3. The minimum Gasteiger partial charge on any atom is -0.252 e. The van der Waals surface area contributed by atoms with E-state index in [1.807, 2.05) is 0 Å². The Balaban J connectivity index is 2.11. The standard InChI is InChI=1S/C18H9Cl2F2N3/c1-8-24-17-11(18(20)25-8)7-23-16(15(17)22)10-4-2-3-9-5-6-12(21)14(19)13(9)10/h2-7H,1H3. The maximum atomic E-state index is 15.1. The molecule has 0 amide bonds. The van der Waals surface area contributed by atoms with Crippen molar-refractivity contribution in [1.82, 2.24) is 15.0 Å². The number of rotatable bonds is 1. The van der Waals surface area contributed by atoms with Gasteiger partial charge >= 0.3 is 0 Å². The largest absolute Gasteiger partial charge is 0.252 e. The lowest BCUT2D eigenvalue weighted by atomic mass is 10.0. The lowest BCUT2D eigenvalue weighted by Crippen LogP contribution is -1.98. The first kappa shape index (κ1) is 16.1. The Bertz CT molecular complexity index is 1160. The van der Waals surface area contributed by atoms with Crippen molar-refractivity contribution in [2.24, 2.45) is 0 Å². The van der Waals surface area contributed by atoms with E-state index in [1.54, 1.807) is 31.2 Å². The molecular formula is C18H9Cl2F2N3. The minimum absolute atomic E-state index is 0.0276. The fourth-order valence-corrected chi connectivity index (χ4v) is 3.36. The van der Waals surface area contributed by atoms with Crippen LogP contribution in [-0.2, 0) is 0 Å². The molecule has 3 nitrogen and oxygen atoms in total. The average molecular weight is 376 g/mol. The predicted octanol–water partition coefficient (Wildman–Crippen LogP) is 5.74. The van der Waals surface area contributed by atoms with Gasteiger partial charge in [-0.2, -0.15) is 0 Å². The van der Waals surface area contributed by atoms with E-state index in [9.17, 15) is 4.39 Å². The van der Waals surface area contributed by atoms with Gasteiger partial charge in [0, 0.05) is 17.1 Å². The van der Waals surface area contributed by atoms with Crippen LogP contribution >= 0.6 is 23.2 Å². The molecule has 4 aromatic rings. The average Bonchev–Trinajstić information content (AvgIpc) is 2.59. The molecule has 0 N–H and O–H groups in total. The number of pyridine rings is 1. The molecule has 0 radical (unpaired) electrons. The van der Waals surface area contributed by atoms with E-state index in [-0.39, 0.29) is 21.4 Å². The number of aryl methyl sites for hydroxylation is 1. The molecule has 2 heterocycles. The quantitative estimate of drug-likeness (QED) is 0.398. The van der Waals surface area contributed by atoms with Gasteiger partial charge in [0.05, 0.1) is 10.4 Å². The molecular weight excluding hydrogens is 367 g/mol. The van der Waals surface area contributed by atoms with Crippen molar-refractivity contribution in [2.45, 2.75) is 6.92 Å². The summed E-state index contributed by atoms with van der Waals surface area (Å²) in [6, 6.07) is 8.00. The Labute approximate surface area is 151 Å². The first-order valence-electron chi connectivity index (χ1n) is 7.33. The maximum absolute atomic E-state index is 15.1. The summed E-state index contributed by atoms with van der Waals surface area (Å²) in [5.74, 6) is -0.891. The summed E-state index contributed by atoms with van der Waals surface area (Å²) in [6.45, 7) is 1.62. The highest BCUT2D eigenvalue weighted by Crippen LogP contribution is 2.37. The van der Waals surface area contributed by atoms with Gasteiger partial charge in [-0.25, -0.2) is 18.7 Å². The van der Waals surface area contributed by atoms with E-state index in [4.69, 9.17) is 23.2 Å². The predicted molar refractivity (Wildman–Crippen MR) is 94.9 cm³/mol.